The first-order valence-corrected chi connectivity index (χ1v) is 16.0. The van der Waals surface area contributed by atoms with Crippen LogP contribution in [0.15, 0.2) is 39.3 Å². The van der Waals surface area contributed by atoms with E-state index < -0.39 is 29.1 Å². The zero-order valence-electron chi connectivity index (χ0n) is 23.6. The van der Waals surface area contributed by atoms with Gasteiger partial charge in [0.2, 0.25) is 0 Å². The van der Waals surface area contributed by atoms with Crippen LogP contribution in [0.4, 0.5) is 4.79 Å². The molecule has 1 aromatic carbocycles. The molecular weight excluding hydrogens is 517 g/mol. The van der Waals surface area contributed by atoms with Crippen molar-refractivity contribution in [3.8, 4) is 0 Å². The molecule has 7 atom stereocenters. The number of furan rings is 1. The number of carbonyl (C=O) groups is 1. The molecule has 2 bridgehead atoms. The summed E-state index contributed by atoms with van der Waals surface area (Å²) in [4.78, 5) is 13.2. The van der Waals surface area contributed by atoms with Crippen LogP contribution in [0.5, 0.6) is 0 Å². The zero-order valence-corrected chi connectivity index (χ0v) is 24.4. The Balaban J connectivity index is 1.19. The van der Waals surface area contributed by atoms with Crippen molar-refractivity contribution >= 4 is 34.1 Å². The molecule has 3 aliphatic carbocycles. The summed E-state index contributed by atoms with van der Waals surface area (Å²) in [5.74, 6) is 0.583. The highest BCUT2D eigenvalue weighted by Crippen LogP contribution is 2.65. The summed E-state index contributed by atoms with van der Waals surface area (Å²) in [6, 6.07) is 7.76. The Morgan fingerprint density at radius 2 is 2.10 bits per heavy atom. The third kappa shape index (κ3) is 4.59. The van der Waals surface area contributed by atoms with Gasteiger partial charge in [-0.2, -0.15) is 0 Å². The minimum Gasteiger partial charge on any atom is -0.464 e. The number of hydrogen-bond acceptors (Lipinski definition) is 7. The number of carbonyl (C=O) groups excluding carboxylic acids is 1. The van der Waals surface area contributed by atoms with Gasteiger partial charge in [-0.1, -0.05) is 32.0 Å². The van der Waals surface area contributed by atoms with Crippen LogP contribution in [-0.2, 0) is 30.4 Å². The van der Waals surface area contributed by atoms with E-state index in [4.69, 9.17) is 18.5 Å². The number of rotatable bonds is 7. The van der Waals surface area contributed by atoms with Gasteiger partial charge in [0.25, 0.3) is 0 Å². The van der Waals surface area contributed by atoms with E-state index in [1.165, 1.54) is 0 Å². The third-order valence-electron chi connectivity index (χ3n) is 10.1. The maximum atomic E-state index is 13.2. The predicted molar refractivity (Wildman–Crippen MR) is 150 cm³/mol. The maximum absolute atomic E-state index is 13.2. The van der Waals surface area contributed by atoms with Crippen molar-refractivity contribution in [1.29, 1.82) is 0 Å². The number of alkyl carbamates (subject to hydrolysis) is 1. The lowest BCUT2D eigenvalue weighted by Gasteiger charge is -2.64. The molecular formula is C28H40BN3O6S. The van der Waals surface area contributed by atoms with Gasteiger partial charge in [-0.05, 0) is 67.9 Å². The second-order valence-electron chi connectivity index (χ2n) is 12.5. The molecule has 1 aromatic heterocycles. The van der Waals surface area contributed by atoms with Gasteiger partial charge in [-0.25, -0.2) is 17.7 Å². The summed E-state index contributed by atoms with van der Waals surface area (Å²) in [6.07, 6.45) is 7.16. The van der Waals surface area contributed by atoms with Crippen molar-refractivity contribution in [2.75, 3.05) is 26.5 Å². The third-order valence-corrected chi connectivity index (χ3v) is 12.1. The first kappa shape index (κ1) is 27.1. The number of hydrogen-bond donors (Lipinski definition) is 1. The zero-order chi connectivity index (χ0) is 27.6. The highest BCUT2D eigenvalue weighted by Gasteiger charge is 2.68. The second kappa shape index (κ2) is 9.78. The van der Waals surface area contributed by atoms with E-state index in [9.17, 15) is 9.00 Å². The molecule has 2 saturated heterocycles. The Morgan fingerprint density at radius 3 is 2.87 bits per heavy atom. The average molecular weight is 558 g/mol. The van der Waals surface area contributed by atoms with Crippen molar-refractivity contribution in [3.05, 3.63) is 36.1 Å². The molecule has 0 spiro atoms. The van der Waals surface area contributed by atoms with E-state index in [1.807, 2.05) is 28.6 Å². The van der Waals surface area contributed by atoms with Gasteiger partial charge in [-0.15, -0.1) is 0 Å². The Bertz CT molecular complexity index is 1370. The lowest BCUT2D eigenvalue weighted by molar-refractivity contribution is -0.199. The van der Waals surface area contributed by atoms with Crippen LogP contribution in [0.3, 0.4) is 0 Å². The number of fused-ring (bicyclic) bond motifs is 1. The maximum Gasteiger partial charge on any atom is 0.482 e. The van der Waals surface area contributed by atoms with Crippen LogP contribution in [0.2, 0.25) is 0 Å². The highest BCUT2D eigenvalue weighted by molar-refractivity contribution is 7.90. The molecule has 3 saturated carbocycles. The Hall–Kier alpha value is -2.08. The summed E-state index contributed by atoms with van der Waals surface area (Å²) in [5.41, 5.74) is 1.61. The van der Waals surface area contributed by atoms with E-state index in [1.54, 1.807) is 19.6 Å². The number of nitrogens with one attached hydrogen (secondary N) is 1. The summed E-state index contributed by atoms with van der Waals surface area (Å²) < 4.78 is 43.5. The van der Waals surface area contributed by atoms with E-state index >= 15 is 0 Å². The molecule has 7 rings (SSSR count). The van der Waals surface area contributed by atoms with E-state index in [0.29, 0.717) is 24.8 Å². The predicted octanol–water partition coefficient (Wildman–Crippen LogP) is 4.44. The van der Waals surface area contributed by atoms with Gasteiger partial charge in [-0.3, -0.25) is 0 Å². The molecule has 5 aliphatic rings. The molecule has 3 heterocycles. The molecule has 2 aromatic rings. The second-order valence-corrected chi connectivity index (χ2v) is 14.9. The molecule has 39 heavy (non-hydrogen) atoms. The van der Waals surface area contributed by atoms with Gasteiger partial charge in [0.05, 0.1) is 30.0 Å². The summed E-state index contributed by atoms with van der Waals surface area (Å²) >= 11 is 0. The smallest absolute Gasteiger partial charge is 0.464 e. The molecule has 212 valence electrons. The summed E-state index contributed by atoms with van der Waals surface area (Å²) in [7, 11) is -1.50. The first-order chi connectivity index (χ1) is 18.5. The molecule has 0 radical (unpaired) electrons. The van der Waals surface area contributed by atoms with Crippen LogP contribution >= 0.6 is 0 Å². The van der Waals surface area contributed by atoms with Crippen LogP contribution in [0.25, 0.3) is 11.0 Å². The van der Waals surface area contributed by atoms with Crippen molar-refractivity contribution in [3.63, 3.8) is 0 Å². The summed E-state index contributed by atoms with van der Waals surface area (Å²) in [5, 5.41) is 4.07. The minimum atomic E-state index is -2.47. The molecule has 2 aliphatic heterocycles. The van der Waals surface area contributed by atoms with Crippen molar-refractivity contribution in [2.45, 2.75) is 76.6 Å². The largest absolute Gasteiger partial charge is 0.482 e. The Morgan fingerprint density at radius 1 is 1.31 bits per heavy atom. The van der Waals surface area contributed by atoms with E-state index in [2.05, 4.69) is 30.5 Å². The minimum absolute atomic E-state index is 0.00300. The fourth-order valence-electron chi connectivity index (χ4n) is 7.61. The standard InChI is InChI=1S/C28H40BN3O6S/c1-27(2)19-14-23(27)28(3)24(15-19)37-29(38-28)25(13-18-16-35-22-11-7-6-10-21(18)22)31-26(33)36-17-20-9-8-12-32(20)39(5,34)30-4/h6-7,10-11,16,19-20,23-25H,8-9,12-15,17H2,1-5H3,(H,31,33)/t19-,20+,23-,24+,25-,28-,39?/m0/s1. The van der Waals surface area contributed by atoms with Crippen LogP contribution in [0.1, 0.15) is 52.0 Å². The molecule has 1 N–H and O–H groups in total. The molecule has 1 unspecified atom stereocenters. The van der Waals surface area contributed by atoms with E-state index in [0.717, 1.165) is 42.2 Å². The van der Waals surface area contributed by atoms with Crippen molar-refractivity contribution < 1.29 is 27.5 Å². The van der Waals surface area contributed by atoms with Crippen LogP contribution < -0.4 is 5.32 Å². The molecule has 9 nitrogen and oxygen atoms in total. The van der Waals surface area contributed by atoms with Gasteiger partial charge >= 0.3 is 13.2 Å². The van der Waals surface area contributed by atoms with Crippen molar-refractivity contribution in [2.24, 2.45) is 21.6 Å². The van der Waals surface area contributed by atoms with Gasteiger partial charge in [0.1, 0.15) is 22.1 Å². The normalized spacial score (nSPS) is 33.7. The fourth-order valence-corrected chi connectivity index (χ4v) is 9.00. The Labute approximate surface area is 231 Å². The number of nitrogens with zero attached hydrogens (tertiary/aromatic N) is 2. The summed E-state index contributed by atoms with van der Waals surface area (Å²) in [6.45, 7) is 7.68. The SMILES string of the molecule is CN=S(C)(=O)N1CCC[C@@H]1COC(=O)N[C@@H](Cc1coc2ccccc12)B1O[C@@H]2C[C@@H]3C[C@@H](C3(C)C)[C@]2(C)O1. The molecule has 5 fully saturated rings. The first-order valence-electron chi connectivity index (χ1n) is 14.1. The number of ether oxygens (including phenoxy) is 1. The Kier molecular flexibility index (Phi) is 6.80. The van der Waals surface area contributed by atoms with Crippen LogP contribution in [-0.4, -0.2) is 71.9 Å². The molecule has 11 heteroatoms. The van der Waals surface area contributed by atoms with E-state index in [-0.39, 0.29) is 29.8 Å². The monoisotopic (exact) mass is 557 g/mol. The van der Waals surface area contributed by atoms with Crippen LogP contribution in [0, 0.1) is 17.3 Å². The highest BCUT2D eigenvalue weighted by atomic mass is 32.2. The number of para-hydroxylation sites is 1. The average Bonchev–Trinajstić information content (AvgIpc) is 3.63. The lowest BCUT2D eigenvalue weighted by Crippen LogP contribution is -2.65. The van der Waals surface area contributed by atoms with Gasteiger partial charge in [0, 0.05) is 25.2 Å². The lowest BCUT2D eigenvalue weighted by atomic mass is 9.43. The topological polar surface area (TPSA) is 103 Å². The van der Waals surface area contributed by atoms with Crippen molar-refractivity contribution in [1.82, 2.24) is 9.62 Å². The number of amides is 1. The quantitative estimate of drug-likeness (QED) is 0.505. The fraction of sp³-hybridized carbons (Fsp3) is 0.679. The van der Waals surface area contributed by atoms with Gasteiger partial charge in [0.15, 0.2) is 0 Å². The number of benzene rings is 1. The molecule has 1 amide bonds. The van der Waals surface area contributed by atoms with Gasteiger partial charge < -0.3 is 23.8 Å².